The largest absolute Gasteiger partial charge is 0.447 e. The Morgan fingerprint density at radius 1 is 1.43 bits per heavy atom. The molecule has 0 bridgehead atoms. The fourth-order valence-electron chi connectivity index (χ4n) is 1.74. The number of carbonyl (C=O) groups excluding carboxylic acids is 1. The fraction of sp³-hybridized carbons (Fsp3) is 0.900. The van der Waals surface area contributed by atoms with Crippen LogP contribution in [-0.4, -0.2) is 24.3 Å². The summed E-state index contributed by atoms with van der Waals surface area (Å²) in [5.41, 5.74) is 5.89. The molecule has 14 heavy (non-hydrogen) atoms. The van der Waals surface area contributed by atoms with Gasteiger partial charge in [0.15, 0.2) is 0 Å². The molecule has 1 amide bonds. The van der Waals surface area contributed by atoms with E-state index in [4.69, 9.17) is 10.5 Å². The highest BCUT2D eigenvalue weighted by atomic mass is 16.6. The van der Waals surface area contributed by atoms with Crippen molar-refractivity contribution >= 4 is 6.09 Å². The lowest BCUT2D eigenvalue weighted by molar-refractivity contribution is 0.108. The van der Waals surface area contributed by atoms with Crippen LogP contribution in [0.3, 0.4) is 0 Å². The lowest BCUT2D eigenvalue weighted by Crippen LogP contribution is -2.49. The van der Waals surface area contributed by atoms with Gasteiger partial charge in [0.2, 0.25) is 0 Å². The maximum atomic E-state index is 11.3. The van der Waals surface area contributed by atoms with Crippen LogP contribution in [0.2, 0.25) is 0 Å². The van der Waals surface area contributed by atoms with Gasteiger partial charge in [-0.1, -0.05) is 12.8 Å². The lowest BCUT2D eigenvalue weighted by atomic mass is 9.91. The van der Waals surface area contributed by atoms with E-state index in [2.05, 4.69) is 5.32 Å². The SMILES string of the molecule is CC(C)OC(=O)N[C@H]1CCCC[C@H]1N. The molecular weight excluding hydrogens is 180 g/mol. The van der Waals surface area contributed by atoms with Gasteiger partial charge in [0.1, 0.15) is 0 Å². The number of alkyl carbamates (subject to hydrolysis) is 1. The average molecular weight is 200 g/mol. The average Bonchev–Trinajstić information content (AvgIpc) is 2.07. The van der Waals surface area contributed by atoms with E-state index in [1.165, 1.54) is 6.42 Å². The summed E-state index contributed by atoms with van der Waals surface area (Å²) >= 11 is 0. The molecule has 82 valence electrons. The number of hydrogen-bond donors (Lipinski definition) is 2. The predicted octanol–water partition coefficient (Wildman–Crippen LogP) is 1.39. The quantitative estimate of drug-likeness (QED) is 0.708. The van der Waals surface area contributed by atoms with Crippen molar-refractivity contribution in [2.24, 2.45) is 5.73 Å². The van der Waals surface area contributed by atoms with E-state index in [1.807, 2.05) is 13.8 Å². The number of carbonyl (C=O) groups is 1. The van der Waals surface area contributed by atoms with Crippen LogP contribution in [0.25, 0.3) is 0 Å². The van der Waals surface area contributed by atoms with E-state index < -0.39 is 0 Å². The lowest BCUT2D eigenvalue weighted by Gasteiger charge is -2.29. The molecule has 0 heterocycles. The highest BCUT2D eigenvalue weighted by Crippen LogP contribution is 2.16. The van der Waals surface area contributed by atoms with E-state index in [9.17, 15) is 4.79 Å². The zero-order valence-corrected chi connectivity index (χ0v) is 8.95. The number of hydrogen-bond acceptors (Lipinski definition) is 3. The van der Waals surface area contributed by atoms with Crippen LogP contribution < -0.4 is 11.1 Å². The van der Waals surface area contributed by atoms with Gasteiger partial charge in [0, 0.05) is 12.1 Å². The Morgan fingerprint density at radius 3 is 2.64 bits per heavy atom. The molecule has 0 aromatic heterocycles. The van der Waals surface area contributed by atoms with Crippen LogP contribution in [0.15, 0.2) is 0 Å². The van der Waals surface area contributed by atoms with Crippen LogP contribution in [0, 0.1) is 0 Å². The summed E-state index contributed by atoms with van der Waals surface area (Å²) in [6, 6.07) is 0.179. The Morgan fingerprint density at radius 2 is 2.07 bits per heavy atom. The van der Waals surface area contributed by atoms with Crippen LogP contribution >= 0.6 is 0 Å². The van der Waals surface area contributed by atoms with Gasteiger partial charge in [0.05, 0.1) is 6.10 Å². The summed E-state index contributed by atoms with van der Waals surface area (Å²) in [6.45, 7) is 3.67. The summed E-state index contributed by atoms with van der Waals surface area (Å²) in [6.07, 6.45) is 3.84. The monoisotopic (exact) mass is 200 g/mol. The molecule has 1 saturated carbocycles. The Hall–Kier alpha value is -0.770. The van der Waals surface area contributed by atoms with Gasteiger partial charge in [-0.3, -0.25) is 0 Å². The molecule has 1 fully saturated rings. The van der Waals surface area contributed by atoms with Gasteiger partial charge in [-0.15, -0.1) is 0 Å². The maximum absolute atomic E-state index is 11.3. The third-order valence-corrected chi connectivity index (χ3v) is 2.47. The Bertz CT molecular complexity index is 195. The van der Waals surface area contributed by atoms with Gasteiger partial charge in [-0.25, -0.2) is 4.79 Å². The first-order chi connectivity index (χ1) is 6.59. The summed E-state index contributed by atoms with van der Waals surface area (Å²) in [5, 5.41) is 2.81. The van der Waals surface area contributed by atoms with E-state index in [-0.39, 0.29) is 24.3 Å². The third kappa shape index (κ3) is 3.54. The minimum atomic E-state index is -0.345. The molecule has 0 unspecified atom stereocenters. The number of nitrogens with two attached hydrogens (primary N) is 1. The summed E-state index contributed by atoms with van der Waals surface area (Å²) in [7, 11) is 0. The number of rotatable bonds is 2. The van der Waals surface area contributed by atoms with E-state index in [1.54, 1.807) is 0 Å². The molecule has 0 radical (unpaired) electrons. The zero-order valence-electron chi connectivity index (χ0n) is 8.95. The standard InChI is InChI=1S/C10H20N2O2/c1-7(2)14-10(13)12-9-6-4-3-5-8(9)11/h7-9H,3-6,11H2,1-2H3,(H,12,13)/t8-,9+/m1/s1. The van der Waals surface area contributed by atoms with Crippen LogP contribution in [0.5, 0.6) is 0 Å². The molecule has 0 aromatic carbocycles. The van der Waals surface area contributed by atoms with Crippen LogP contribution in [-0.2, 0) is 4.74 Å². The van der Waals surface area contributed by atoms with Crippen molar-refractivity contribution in [3.63, 3.8) is 0 Å². The molecule has 1 aliphatic rings. The van der Waals surface area contributed by atoms with Crippen molar-refractivity contribution in [3.8, 4) is 0 Å². The fourth-order valence-corrected chi connectivity index (χ4v) is 1.74. The van der Waals surface area contributed by atoms with Crippen LogP contribution in [0.1, 0.15) is 39.5 Å². The smallest absolute Gasteiger partial charge is 0.407 e. The molecule has 0 aliphatic heterocycles. The highest BCUT2D eigenvalue weighted by molar-refractivity contribution is 5.67. The minimum Gasteiger partial charge on any atom is -0.447 e. The van der Waals surface area contributed by atoms with Crippen molar-refractivity contribution in [2.75, 3.05) is 0 Å². The Balaban J connectivity index is 2.31. The first-order valence-corrected chi connectivity index (χ1v) is 5.32. The second-order valence-corrected chi connectivity index (χ2v) is 4.15. The summed E-state index contributed by atoms with van der Waals surface area (Å²) in [5.74, 6) is 0. The normalized spacial score (nSPS) is 27.4. The molecule has 1 aliphatic carbocycles. The molecular formula is C10H20N2O2. The molecule has 0 aromatic rings. The first kappa shape index (κ1) is 11.3. The van der Waals surface area contributed by atoms with E-state index in [0.29, 0.717) is 0 Å². The molecule has 1 rings (SSSR count). The van der Waals surface area contributed by atoms with Gasteiger partial charge >= 0.3 is 6.09 Å². The number of amides is 1. The Labute approximate surface area is 85.2 Å². The van der Waals surface area contributed by atoms with Gasteiger partial charge in [-0.05, 0) is 26.7 Å². The van der Waals surface area contributed by atoms with Gasteiger partial charge in [0.25, 0.3) is 0 Å². The van der Waals surface area contributed by atoms with Gasteiger partial charge < -0.3 is 15.8 Å². The van der Waals surface area contributed by atoms with Crippen molar-refractivity contribution in [1.82, 2.24) is 5.32 Å². The third-order valence-electron chi connectivity index (χ3n) is 2.47. The molecule has 3 N–H and O–H groups in total. The second kappa shape index (κ2) is 5.20. The number of nitrogens with one attached hydrogen (secondary N) is 1. The molecule has 0 spiro atoms. The number of ether oxygens (including phenoxy) is 1. The molecule has 4 heteroatoms. The maximum Gasteiger partial charge on any atom is 0.407 e. The molecule has 0 saturated heterocycles. The zero-order chi connectivity index (χ0) is 10.6. The second-order valence-electron chi connectivity index (χ2n) is 4.15. The van der Waals surface area contributed by atoms with Crippen LogP contribution in [0.4, 0.5) is 4.79 Å². The minimum absolute atomic E-state index is 0.0742. The predicted molar refractivity (Wildman–Crippen MR) is 55.0 cm³/mol. The van der Waals surface area contributed by atoms with Crippen molar-refractivity contribution in [3.05, 3.63) is 0 Å². The van der Waals surface area contributed by atoms with Crippen molar-refractivity contribution in [2.45, 2.75) is 57.7 Å². The highest BCUT2D eigenvalue weighted by Gasteiger charge is 2.23. The molecule has 4 nitrogen and oxygen atoms in total. The van der Waals surface area contributed by atoms with Crippen molar-refractivity contribution < 1.29 is 9.53 Å². The van der Waals surface area contributed by atoms with E-state index in [0.717, 1.165) is 19.3 Å². The van der Waals surface area contributed by atoms with Gasteiger partial charge in [-0.2, -0.15) is 0 Å². The first-order valence-electron chi connectivity index (χ1n) is 5.32. The topological polar surface area (TPSA) is 64.3 Å². The van der Waals surface area contributed by atoms with E-state index >= 15 is 0 Å². The summed E-state index contributed by atoms with van der Waals surface area (Å²) < 4.78 is 5.00. The van der Waals surface area contributed by atoms with Crippen molar-refractivity contribution in [1.29, 1.82) is 0 Å². The summed E-state index contributed by atoms with van der Waals surface area (Å²) in [4.78, 5) is 11.3. The Kier molecular flexibility index (Phi) is 4.20. The molecule has 2 atom stereocenters.